The van der Waals surface area contributed by atoms with E-state index < -0.39 is 0 Å². The Morgan fingerprint density at radius 1 is 1.25 bits per heavy atom. The molecule has 1 aliphatic rings. The molecule has 1 amide bonds. The fraction of sp³-hybridized carbons (Fsp3) is 0.833. The largest absolute Gasteiger partial charge is 0.370 e. The number of hydrogen-bond donors (Lipinski definition) is 0. The summed E-state index contributed by atoms with van der Waals surface area (Å²) in [5.74, 6) is 1.59. The van der Waals surface area contributed by atoms with Gasteiger partial charge in [0, 0.05) is 19.6 Å². The normalized spacial score (nSPS) is 20.2. The van der Waals surface area contributed by atoms with Crippen LogP contribution in [0.15, 0.2) is 4.52 Å². The van der Waals surface area contributed by atoms with Crippen LogP contribution >= 0.6 is 0 Å². The van der Waals surface area contributed by atoms with Crippen LogP contribution in [-0.4, -0.2) is 34.6 Å². The second kappa shape index (κ2) is 6.47. The highest BCUT2D eigenvalue weighted by atomic mass is 16.5. The minimum atomic E-state index is -0.216. The molecule has 0 saturated heterocycles. The van der Waals surface area contributed by atoms with Crippen molar-refractivity contribution in [2.24, 2.45) is 22.7 Å². The molecular formula is C18H31N3O3. The molecule has 1 unspecified atom stereocenters. The van der Waals surface area contributed by atoms with Crippen LogP contribution < -0.4 is 0 Å². The van der Waals surface area contributed by atoms with Gasteiger partial charge in [-0.25, -0.2) is 0 Å². The number of amides is 1. The van der Waals surface area contributed by atoms with Gasteiger partial charge in [0.15, 0.2) is 5.82 Å². The number of hydrogen-bond acceptors (Lipinski definition) is 5. The van der Waals surface area contributed by atoms with Gasteiger partial charge in [-0.2, -0.15) is 4.98 Å². The molecule has 1 atom stereocenters. The van der Waals surface area contributed by atoms with Crippen LogP contribution in [0.3, 0.4) is 0 Å². The van der Waals surface area contributed by atoms with E-state index in [-0.39, 0.29) is 28.8 Å². The molecule has 0 spiro atoms. The first-order valence-corrected chi connectivity index (χ1v) is 8.67. The summed E-state index contributed by atoms with van der Waals surface area (Å²) < 4.78 is 11.0. The van der Waals surface area contributed by atoms with Crippen molar-refractivity contribution < 1.29 is 14.1 Å². The molecule has 1 saturated carbocycles. The predicted octanol–water partition coefficient (Wildman–Crippen LogP) is 3.44. The molecule has 1 aliphatic carbocycles. The first-order valence-electron chi connectivity index (χ1n) is 8.67. The van der Waals surface area contributed by atoms with Crippen LogP contribution in [0.4, 0.5) is 0 Å². The number of carbonyl (C=O) groups excluding carboxylic acids is 1. The van der Waals surface area contributed by atoms with Gasteiger partial charge < -0.3 is 14.2 Å². The summed E-state index contributed by atoms with van der Waals surface area (Å²) in [7, 11) is 1.79. The maximum atomic E-state index is 12.7. The third-order valence-electron chi connectivity index (χ3n) is 5.54. The van der Waals surface area contributed by atoms with Crippen LogP contribution in [0, 0.1) is 22.7 Å². The maximum absolute atomic E-state index is 12.7. The van der Waals surface area contributed by atoms with Gasteiger partial charge in [-0.15, -0.1) is 0 Å². The van der Waals surface area contributed by atoms with Crippen LogP contribution in [0.5, 0.6) is 0 Å². The van der Waals surface area contributed by atoms with Crippen molar-refractivity contribution in [1.82, 2.24) is 15.0 Å². The monoisotopic (exact) mass is 337 g/mol. The molecule has 1 heterocycles. The molecule has 0 aliphatic heterocycles. The van der Waals surface area contributed by atoms with Crippen molar-refractivity contribution in [3.05, 3.63) is 11.7 Å². The molecule has 0 N–H and O–H groups in total. The first kappa shape index (κ1) is 18.9. The number of rotatable bonds is 7. The highest BCUT2D eigenvalue weighted by molar-refractivity contribution is 5.83. The Hall–Kier alpha value is -1.43. The van der Waals surface area contributed by atoms with E-state index in [1.165, 1.54) is 0 Å². The van der Waals surface area contributed by atoms with Crippen LogP contribution in [-0.2, 0) is 16.1 Å². The molecule has 6 nitrogen and oxygen atoms in total. The number of aromatic nitrogens is 2. The molecule has 1 aromatic rings. The van der Waals surface area contributed by atoms with Crippen molar-refractivity contribution >= 4 is 5.91 Å². The SMILES string of the molecule is CC(C)COC(C)c1noc(CN(C)C(=O)C2C(C)(C)C2(C)C)n1. The molecule has 136 valence electrons. The summed E-state index contributed by atoms with van der Waals surface area (Å²) in [6.07, 6.45) is -0.216. The zero-order valence-corrected chi connectivity index (χ0v) is 16.2. The number of ether oxygens (including phenoxy) is 1. The summed E-state index contributed by atoms with van der Waals surface area (Å²) in [4.78, 5) is 18.7. The van der Waals surface area contributed by atoms with Crippen molar-refractivity contribution in [1.29, 1.82) is 0 Å². The molecule has 24 heavy (non-hydrogen) atoms. The molecule has 0 bridgehead atoms. The van der Waals surface area contributed by atoms with Crippen LogP contribution in [0.2, 0.25) is 0 Å². The smallest absolute Gasteiger partial charge is 0.246 e. The average molecular weight is 337 g/mol. The topological polar surface area (TPSA) is 68.5 Å². The lowest BCUT2D eigenvalue weighted by atomic mass is 10.0. The Morgan fingerprint density at radius 3 is 2.33 bits per heavy atom. The third kappa shape index (κ3) is 3.48. The summed E-state index contributed by atoms with van der Waals surface area (Å²) in [6.45, 7) is 15.6. The molecule has 2 rings (SSSR count). The van der Waals surface area contributed by atoms with Gasteiger partial charge in [-0.1, -0.05) is 46.7 Å². The van der Waals surface area contributed by atoms with Gasteiger partial charge in [0.2, 0.25) is 11.8 Å². The van der Waals surface area contributed by atoms with E-state index in [9.17, 15) is 4.79 Å². The summed E-state index contributed by atoms with van der Waals surface area (Å²) in [5.41, 5.74) is 0.0507. The van der Waals surface area contributed by atoms with E-state index in [1.54, 1.807) is 11.9 Å². The summed E-state index contributed by atoms with van der Waals surface area (Å²) >= 11 is 0. The van der Waals surface area contributed by atoms with E-state index in [0.717, 1.165) is 0 Å². The van der Waals surface area contributed by atoms with Gasteiger partial charge in [0.25, 0.3) is 0 Å². The second-order valence-electron chi connectivity index (χ2n) is 8.49. The van der Waals surface area contributed by atoms with Gasteiger partial charge in [-0.3, -0.25) is 4.79 Å². The lowest BCUT2D eigenvalue weighted by Crippen LogP contribution is -2.29. The highest BCUT2D eigenvalue weighted by Gasteiger charge is 2.68. The van der Waals surface area contributed by atoms with Gasteiger partial charge >= 0.3 is 0 Å². The zero-order valence-electron chi connectivity index (χ0n) is 16.2. The Bertz CT molecular complexity index is 578. The minimum absolute atomic E-state index is 0.0253. The molecule has 0 aromatic carbocycles. The molecule has 1 fully saturated rings. The predicted molar refractivity (Wildman–Crippen MR) is 91.0 cm³/mol. The lowest BCUT2D eigenvalue weighted by molar-refractivity contribution is -0.133. The summed E-state index contributed by atoms with van der Waals surface area (Å²) in [6, 6.07) is 0. The Labute approximate surface area is 144 Å². The Kier molecular flexibility index (Phi) is 5.09. The van der Waals surface area contributed by atoms with E-state index >= 15 is 0 Å². The minimum Gasteiger partial charge on any atom is -0.370 e. The van der Waals surface area contributed by atoms with Gasteiger partial charge in [0.1, 0.15) is 6.10 Å². The maximum Gasteiger partial charge on any atom is 0.246 e. The van der Waals surface area contributed by atoms with Crippen molar-refractivity contribution in [2.75, 3.05) is 13.7 Å². The third-order valence-corrected chi connectivity index (χ3v) is 5.54. The first-order chi connectivity index (χ1) is 11.0. The van der Waals surface area contributed by atoms with Crippen molar-refractivity contribution in [3.8, 4) is 0 Å². The van der Waals surface area contributed by atoms with Crippen molar-refractivity contribution in [3.63, 3.8) is 0 Å². The fourth-order valence-corrected chi connectivity index (χ4v) is 3.22. The van der Waals surface area contributed by atoms with Gasteiger partial charge in [0.05, 0.1) is 6.54 Å². The van der Waals surface area contributed by atoms with Crippen LogP contribution in [0.25, 0.3) is 0 Å². The molecule has 6 heteroatoms. The summed E-state index contributed by atoms with van der Waals surface area (Å²) in [5, 5.41) is 3.98. The van der Waals surface area contributed by atoms with Gasteiger partial charge in [-0.05, 0) is 23.7 Å². The fourth-order valence-electron chi connectivity index (χ4n) is 3.22. The Balaban J connectivity index is 1.94. The lowest BCUT2D eigenvalue weighted by Gasteiger charge is -2.16. The second-order valence-corrected chi connectivity index (χ2v) is 8.49. The zero-order chi connectivity index (χ0) is 18.3. The van der Waals surface area contributed by atoms with Crippen molar-refractivity contribution in [2.45, 2.75) is 61.1 Å². The van der Waals surface area contributed by atoms with E-state index in [2.05, 4.69) is 51.7 Å². The average Bonchev–Trinajstić information content (AvgIpc) is 2.82. The standard InChI is InChI=1S/C18H31N3O3/c1-11(2)10-23-12(3)15-19-13(24-20-15)9-21(8)16(22)14-17(4,5)18(14,6)7/h11-12,14H,9-10H2,1-8H3. The van der Waals surface area contributed by atoms with E-state index in [4.69, 9.17) is 9.26 Å². The highest BCUT2D eigenvalue weighted by Crippen LogP contribution is 2.68. The van der Waals surface area contributed by atoms with E-state index in [0.29, 0.717) is 30.8 Å². The molecule has 0 radical (unpaired) electrons. The number of carbonyl (C=O) groups is 1. The number of nitrogens with zero attached hydrogens (tertiary/aromatic N) is 3. The quantitative estimate of drug-likeness (QED) is 0.762. The molecular weight excluding hydrogens is 306 g/mol. The molecule has 1 aromatic heterocycles. The van der Waals surface area contributed by atoms with E-state index in [1.807, 2.05) is 6.92 Å². The Morgan fingerprint density at radius 2 is 1.83 bits per heavy atom. The van der Waals surface area contributed by atoms with Crippen LogP contribution in [0.1, 0.15) is 66.3 Å².